The van der Waals surface area contributed by atoms with Crippen molar-refractivity contribution in [3.05, 3.63) is 29.3 Å². The van der Waals surface area contributed by atoms with Crippen LogP contribution in [0.4, 0.5) is 0 Å². The number of ether oxygens (including phenoxy) is 1. The average molecular weight is 285 g/mol. The van der Waals surface area contributed by atoms with Gasteiger partial charge in [0.15, 0.2) is 0 Å². The van der Waals surface area contributed by atoms with Gasteiger partial charge in [-0.1, -0.05) is 12.1 Å². The smallest absolute Gasteiger partial charge is 0.122 e. The van der Waals surface area contributed by atoms with Crippen LogP contribution < -0.4 is 10.1 Å². The zero-order valence-electron chi connectivity index (χ0n) is 12.3. The van der Waals surface area contributed by atoms with Gasteiger partial charge in [0.05, 0.1) is 7.11 Å². The number of piperazine rings is 1. The molecule has 1 fully saturated rings. The summed E-state index contributed by atoms with van der Waals surface area (Å²) >= 11 is 0. The molecular formula is C15H25ClN2O. The highest BCUT2D eigenvalue weighted by atomic mass is 35.5. The first kappa shape index (κ1) is 16.3. The van der Waals surface area contributed by atoms with Crippen molar-refractivity contribution in [3.8, 4) is 5.75 Å². The Kier molecular flexibility index (Phi) is 6.11. The maximum absolute atomic E-state index is 5.39. The van der Waals surface area contributed by atoms with Crippen LogP contribution in [0.3, 0.4) is 0 Å². The van der Waals surface area contributed by atoms with Crippen molar-refractivity contribution in [2.45, 2.75) is 39.4 Å². The van der Waals surface area contributed by atoms with Gasteiger partial charge in [-0.2, -0.15) is 0 Å². The minimum absolute atomic E-state index is 0. The van der Waals surface area contributed by atoms with Gasteiger partial charge in [0.1, 0.15) is 5.75 Å². The van der Waals surface area contributed by atoms with E-state index in [0.29, 0.717) is 12.1 Å². The van der Waals surface area contributed by atoms with E-state index in [0.717, 1.165) is 25.4 Å². The quantitative estimate of drug-likeness (QED) is 0.923. The summed E-state index contributed by atoms with van der Waals surface area (Å²) in [6.45, 7) is 9.83. The van der Waals surface area contributed by atoms with Gasteiger partial charge in [0.2, 0.25) is 0 Å². The first-order chi connectivity index (χ1) is 8.61. The van der Waals surface area contributed by atoms with Gasteiger partial charge in [-0.3, -0.25) is 4.90 Å². The molecule has 2 atom stereocenters. The molecule has 1 aromatic rings. The molecule has 2 unspecified atom stereocenters. The number of hydrogen-bond donors (Lipinski definition) is 1. The molecule has 1 N–H and O–H groups in total. The molecule has 0 spiro atoms. The molecule has 1 saturated heterocycles. The lowest BCUT2D eigenvalue weighted by Gasteiger charge is -2.38. The van der Waals surface area contributed by atoms with Crippen molar-refractivity contribution in [2.24, 2.45) is 0 Å². The molecule has 3 nitrogen and oxygen atoms in total. The van der Waals surface area contributed by atoms with E-state index < -0.39 is 0 Å². The van der Waals surface area contributed by atoms with E-state index in [-0.39, 0.29) is 12.4 Å². The molecule has 0 aliphatic carbocycles. The highest BCUT2D eigenvalue weighted by molar-refractivity contribution is 5.85. The van der Waals surface area contributed by atoms with E-state index in [4.69, 9.17) is 4.74 Å². The molecule has 1 aliphatic rings. The minimum atomic E-state index is 0. The second-order valence-electron chi connectivity index (χ2n) is 5.26. The molecule has 0 bridgehead atoms. The molecule has 1 heterocycles. The zero-order chi connectivity index (χ0) is 13.1. The van der Waals surface area contributed by atoms with E-state index in [1.807, 2.05) is 0 Å². The minimum Gasteiger partial charge on any atom is -0.496 e. The molecule has 2 rings (SSSR count). The van der Waals surface area contributed by atoms with Gasteiger partial charge in [-0.05, 0) is 38.0 Å². The molecule has 0 saturated carbocycles. The van der Waals surface area contributed by atoms with Crippen molar-refractivity contribution in [1.82, 2.24) is 10.2 Å². The van der Waals surface area contributed by atoms with Crippen molar-refractivity contribution in [2.75, 3.05) is 20.2 Å². The monoisotopic (exact) mass is 284 g/mol. The number of benzene rings is 1. The fraction of sp³-hybridized carbons (Fsp3) is 0.600. The standard InChI is InChI=1S/C15H24N2O.ClH/c1-11-5-6-14(9-15(11)18-4)10-17-8-7-16-12(2)13(17)3;/h5-6,9,12-13,16H,7-8,10H2,1-4H3;1H. The van der Waals surface area contributed by atoms with Crippen molar-refractivity contribution in [1.29, 1.82) is 0 Å². The maximum Gasteiger partial charge on any atom is 0.122 e. The summed E-state index contributed by atoms with van der Waals surface area (Å²) in [6, 6.07) is 7.65. The lowest BCUT2D eigenvalue weighted by molar-refractivity contribution is 0.130. The van der Waals surface area contributed by atoms with Crippen LogP contribution in [0.2, 0.25) is 0 Å². The lowest BCUT2D eigenvalue weighted by Crippen LogP contribution is -2.54. The molecule has 108 valence electrons. The van der Waals surface area contributed by atoms with Gasteiger partial charge in [-0.15, -0.1) is 12.4 Å². The predicted octanol–water partition coefficient (Wildman–Crippen LogP) is 2.61. The molecule has 1 aliphatic heterocycles. The Hall–Kier alpha value is -0.770. The summed E-state index contributed by atoms with van der Waals surface area (Å²) in [5.41, 5.74) is 2.53. The highest BCUT2D eigenvalue weighted by Crippen LogP contribution is 2.21. The summed E-state index contributed by atoms with van der Waals surface area (Å²) in [5.74, 6) is 0.989. The average Bonchev–Trinajstić information content (AvgIpc) is 2.37. The van der Waals surface area contributed by atoms with Crippen molar-refractivity contribution in [3.63, 3.8) is 0 Å². The topological polar surface area (TPSA) is 24.5 Å². The summed E-state index contributed by atoms with van der Waals surface area (Å²) < 4.78 is 5.39. The molecule has 4 heteroatoms. The van der Waals surface area contributed by atoms with Crippen LogP contribution >= 0.6 is 12.4 Å². The van der Waals surface area contributed by atoms with Gasteiger partial charge < -0.3 is 10.1 Å². The maximum atomic E-state index is 5.39. The van der Waals surface area contributed by atoms with Crippen molar-refractivity contribution < 1.29 is 4.74 Å². The van der Waals surface area contributed by atoms with Gasteiger partial charge in [0, 0.05) is 31.7 Å². The molecule has 0 amide bonds. The Bertz CT molecular complexity index is 411. The van der Waals surface area contributed by atoms with Crippen molar-refractivity contribution >= 4 is 12.4 Å². The van der Waals surface area contributed by atoms with Crippen LogP contribution in [0.25, 0.3) is 0 Å². The summed E-state index contributed by atoms with van der Waals surface area (Å²) in [6.07, 6.45) is 0. The van der Waals surface area contributed by atoms with E-state index in [9.17, 15) is 0 Å². The molecule has 0 radical (unpaired) electrons. The summed E-state index contributed by atoms with van der Waals surface area (Å²) in [5, 5.41) is 3.51. The normalized spacial score (nSPS) is 23.8. The van der Waals surface area contributed by atoms with Gasteiger partial charge in [-0.25, -0.2) is 0 Å². The van der Waals surface area contributed by atoms with Crippen LogP contribution in [0.5, 0.6) is 5.75 Å². The van der Waals surface area contributed by atoms with Gasteiger partial charge >= 0.3 is 0 Å². The fourth-order valence-electron chi connectivity index (χ4n) is 2.55. The third-order valence-electron chi connectivity index (χ3n) is 4.02. The van der Waals surface area contributed by atoms with Crippen LogP contribution in [0, 0.1) is 6.92 Å². The molecular weight excluding hydrogens is 260 g/mol. The van der Waals surface area contributed by atoms with E-state index in [1.54, 1.807) is 7.11 Å². The fourth-order valence-corrected chi connectivity index (χ4v) is 2.55. The first-order valence-electron chi connectivity index (χ1n) is 6.72. The van der Waals surface area contributed by atoms with E-state index in [2.05, 4.69) is 49.2 Å². The molecule has 1 aromatic carbocycles. The van der Waals surface area contributed by atoms with Crippen LogP contribution in [0.1, 0.15) is 25.0 Å². The first-order valence-corrected chi connectivity index (χ1v) is 6.72. The Morgan fingerprint density at radius 3 is 2.79 bits per heavy atom. The number of rotatable bonds is 3. The Balaban J connectivity index is 0.00000180. The second kappa shape index (κ2) is 7.13. The zero-order valence-corrected chi connectivity index (χ0v) is 13.1. The Morgan fingerprint density at radius 1 is 1.37 bits per heavy atom. The van der Waals surface area contributed by atoms with Gasteiger partial charge in [0.25, 0.3) is 0 Å². The number of methoxy groups -OCH3 is 1. The third kappa shape index (κ3) is 3.85. The van der Waals surface area contributed by atoms with E-state index >= 15 is 0 Å². The van der Waals surface area contributed by atoms with Crippen LogP contribution in [0.15, 0.2) is 18.2 Å². The predicted molar refractivity (Wildman–Crippen MR) is 82.3 cm³/mol. The Morgan fingerprint density at radius 2 is 2.11 bits per heavy atom. The van der Waals surface area contributed by atoms with Crippen LogP contribution in [-0.2, 0) is 6.54 Å². The summed E-state index contributed by atoms with van der Waals surface area (Å²) in [7, 11) is 1.74. The summed E-state index contributed by atoms with van der Waals surface area (Å²) in [4.78, 5) is 2.53. The molecule has 19 heavy (non-hydrogen) atoms. The second-order valence-corrected chi connectivity index (χ2v) is 5.26. The number of nitrogens with zero attached hydrogens (tertiary/aromatic N) is 1. The lowest BCUT2D eigenvalue weighted by atomic mass is 10.0. The largest absolute Gasteiger partial charge is 0.496 e. The SMILES string of the molecule is COc1cc(CN2CCNC(C)C2C)ccc1C.Cl. The molecule has 0 aromatic heterocycles. The number of nitrogens with one attached hydrogen (secondary N) is 1. The third-order valence-corrected chi connectivity index (χ3v) is 4.02. The number of hydrogen-bond acceptors (Lipinski definition) is 3. The Labute approximate surface area is 122 Å². The number of aryl methyl sites for hydroxylation is 1. The van der Waals surface area contributed by atoms with Crippen LogP contribution in [-0.4, -0.2) is 37.2 Å². The van der Waals surface area contributed by atoms with E-state index in [1.165, 1.54) is 11.1 Å². The highest BCUT2D eigenvalue weighted by Gasteiger charge is 2.24. The number of halogens is 1.